The Balaban J connectivity index is 1.74. The van der Waals surface area contributed by atoms with Crippen LogP contribution in [-0.2, 0) is 6.54 Å². The number of nitrogens with two attached hydrogens (primary N) is 1. The lowest BCUT2D eigenvalue weighted by molar-refractivity contribution is 0.123. The van der Waals surface area contributed by atoms with E-state index in [1.165, 1.54) is 6.07 Å². The molecule has 1 aliphatic heterocycles. The molecule has 0 spiro atoms. The average molecular weight is 452 g/mol. The molecule has 5 nitrogen and oxygen atoms in total. The molecule has 0 saturated carbocycles. The molecule has 0 aromatic heterocycles. The first-order chi connectivity index (χ1) is 14.2. The lowest BCUT2D eigenvalue weighted by atomic mass is 10.0. The van der Waals surface area contributed by atoms with Crippen molar-refractivity contribution in [3.63, 3.8) is 0 Å². The summed E-state index contributed by atoms with van der Waals surface area (Å²) in [4.78, 5) is 4.23. The Morgan fingerprint density at radius 2 is 1.93 bits per heavy atom. The predicted octanol–water partition coefficient (Wildman–Crippen LogP) is 3.88. The molecule has 3 rings (SSSR count). The molecular weight excluding hydrogens is 428 g/mol. The van der Waals surface area contributed by atoms with Gasteiger partial charge in [-0.3, -0.25) is 10.3 Å². The van der Waals surface area contributed by atoms with Gasteiger partial charge in [0.1, 0.15) is 11.6 Å². The van der Waals surface area contributed by atoms with Crippen molar-refractivity contribution >= 4 is 40.8 Å². The summed E-state index contributed by atoms with van der Waals surface area (Å²) in [5.74, 6) is -1.07. The Bertz CT molecular complexity index is 943. The van der Waals surface area contributed by atoms with Gasteiger partial charge < -0.3 is 10.6 Å². The SMILES string of the molecule is C[C@@H]1CN(c2cc(F)c(C=NNC(N)=S)cc2F)C[C@H](C)N1Cc1cccc(Cl)c1. The van der Waals surface area contributed by atoms with Crippen molar-refractivity contribution < 1.29 is 8.78 Å². The molecule has 0 unspecified atom stereocenters. The molecule has 0 radical (unpaired) electrons. The van der Waals surface area contributed by atoms with Gasteiger partial charge in [0.05, 0.1) is 11.9 Å². The van der Waals surface area contributed by atoms with E-state index in [4.69, 9.17) is 17.3 Å². The zero-order chi connectivity index (χ0) is 21.8. The quantitative estimate of drug-likeness (QED) is 0.410. The number of hydrogen-bond acceptors (Lipinski definition) is 4. The van der Waals surface area contributed by atoms with E-state index in [2.05, 4.69) is 41.5 Å². The molecule has 3 N–H and O–H groups in total. The number of benzene rings is 2. The molecule has 2 atom stereocenters. The largest absolute Gasteiger partial charge is 0.375 e. The average Bonchev–Trinajstić information content (AvgIpc) is 2.66. The second-order valence-electron chi connectivity index (χ2n) is 7.46. The molecule has 1 saturated heterocycles. The summed E-state index contributed by atoms with van der Waals surface area (Å²) < 4.78 is 29.3. The van der Waals surface area contributed by atoms with Crippen LogP contribution in [0.25, 0.3) is 0 Å². The number of thiocarbonyl (C=S) groups is 1. The smallest absolute Gasteiger partial charge is 0.184 e. The molecule has 9 heteroatoms. The Kier molecular flexibility index (Phi) is 7.23. The van der Waals surface area contributed by atoms with Gasteiger partial charge >= 0.3 is 0 Å². The van der Waals surface area contributed by atoms with Crippen molar-refractivity contribution in [1.82, 2.24) is 10.3 Å². The standard InChI is InChI=1S/C21H24ClF2N5S/c1-13-10-28(11-14(2)29(13)12-15-4-3-5-17(22)6-15)20-8-18(23)16(7-19(20)24)9-26-27-21(25)30/h3-9,13-14H,10-12H2,1-2H3,(H3,25,27,30)/t13-,14+. The van der Waals surface area contributed by atoms with Crippen LogP contribution in [0.5, 0.6) is 0 Å². The molecule has 2 aromatic carbocycles. The van der Waals surface area contributed by atoms with E-state index in [9.17, 15) is 8.78 Å². The molecule has 0 aliphatic carbocycles. The zero-order valence-electron chi connectivity index (χ0n) is 16.8. The van der Waals surface area contributed by atoms with Gasteiger partial charge in [-0.25, -0.2) is 8.78 Å². The van der Waals surface area contributed by atoms with Gasteiger partial charge in [-0.1, -0.05) is 23.7 Å². The monoisotopic (exact) mass is 451 g/mol. The molecule has 160 valence electrons. The first kappa shape index (κ1) is 22.4. The number of rotatable bonds is 5. The van der Waals surface area contributed by atoms with Crippen LogP contribution in [0, 0.1) is 11.6 Å². The summed E-state index contributed by atoms with van der Waals surface area (Å²) in [5, 5.41) is 4.34. The van der Waals surface area contributed by atoms with Crippen molar-refractivity contribution in [2.45, 2.75) is 32.5 Å². The third kappa shape index (κ3) is 5.44. The highest BCUT2D eigenvalue weighted by Crippen LogP contribution is 2.28. The number of anilines is 1. The number of halogens is 3. The normalized spacial score (nSPS) is 20.0. The van der Waals surface area contributed by atoms with E-state index in [0.29, 0.717) is 18.1 Å². The molecule has 2 aromatic rings. The molecule has 0 bridgehead atoms. The van der Waals surface area contributed by atoms with Crippen LogP contribution in [0.1, 0.15) is 25.0 Å². The van der Waals surface area contributed by atoms with E-state index in [-0.39, 0.29) is 28.4 Å². The molecule has 0 amide bonds. The van der Waals surface area contributed by atoms with Crippen molar-refractivity contribution in [2.24, 2.45) is 10.8 Å². The highest BCUT2D eigenvalue weighted by Gasteiger charge is 2.31. The maximum atomic E-state index is 14.8. The lowest BCUT2D eigenvalue weighted by Crippen LogP contribution is -2.56. The fourth-order valence-electron chi connectivity index (χ4n) is 3.77. The maximum Gasteiger partial charge on any atom is 0.184 e. The third-order valence-electron chi connectivity index (χ3n) is 5.14. The molecule has 1 aliphatic rings. The highest BCUT2D eigenvalue weighted by molar-refractivity contribution is 7.80. The minimum atomic E-state index is -0.568. The Hall–Kier alpha value is -2.29. The van der Waals surface area contributed by atoms with E-state index < -0.39 is 11.6 Å². The fourth-order valence-corrected chi connectivity index (χ4v) is 4.04. The predicted molar refractivity (Wildman–Crippen MR) is 122 cm³/mol. The minimum absolute atomic E-state index is 0.0145. The van der Waals surface area contributed by atoms with Gasteiger partial charge in [0, 0.05) is 48.4 Å². The van der Waals surface area contributed by atoms with Gasteiger partial charge in [-0.15, -0.1) is 0 Å². The number of hydrazone groups is 1. The van der Waals surface area contributed by atoms with Crippen molar-refractivity contribution in [2.75, 3.05) is 18.0 Å². The van der Waals surface area contributed by atoms with Crippen LogP contribution in [0.3, 0.4) is 0 Å². The Morgan fingerprint density at radius 3 is 2.57 bits per heavy atom. The summed E-state index contributed by atoms with van der Waals surface area (Å²) in [6.07, 6.45) is 1.15. The van der Waals surface area contributed by atoms with Gasteiger partial charge in [0.25, 0.3) is 0 Å². The van der Waals surface area contributed by atoms with Gasteiger partial charge in [0.2, 0.25) is 0 Å². The summed E-state index contributed by atoms with van der Waals surface area (Å²) in [7, 11) is 0. The third-order valence-corrected chi connectivity index (χ3v) is 5.47. The number of nitrogens with zero attached hydrogens (tertiary/aromatic N) is 3. The number of piperazine rings is 1. The molecular formula is C21H24ClF2N5S. The summed E-state index contributed by atoms with van der Waals surface area (Å²) in [5.41, 5.74) is 8.97. The first-order valence-corrected chi connectivity index (χ1v) is 10.4. The topological polar surface area (TPSA) is 56.9 Å². The van der Waals surface area contributed by atoms with E-state index >= 15 is 0 Å². The fraction of sp³-hybridized carbons (Fsp3) is 0.333. The van der Waals surface area contributed by atoms with Crippen LogP contribution in [0.2, 0.25) is 5.02 Å². The first-order valence-electron chi connectivity index (χ1n) is 9.57. The lowest BCUT2D eigenvalue weighted by Gasteiger charge is -2.45. The van der Waals surface area contributed by atoms with E-state index in [0.717, 1.165) is 24.4 Å². The minimum Gasteiger partial charge on any atom is -0.375 e. The van der Waals surface area contributed by atoms with Crippen LogP contribution in [0.4, 0.5) is 14.5 Å². The second-order valence-corrected chi connectivity index (χ2v) is 8.34. The highest BCUT2D eigenvalue weighted by atomic mass is 35.5. The van der Waals surface area contributed by atoms with Crippen LogP contribution in [-0.4, -0.2) is 41.4 Å². The van der Waals surface area contributed by atoms with E-state index in [1.54, 1.807) is 0 Å². The van der Waals surface area contributed by atoms with Gasteiger partial charge in [0.15, 0.2) is 5.11 Å². The molecule has 30 heavy (non-hydrogen) atoms. The van der Waals surface area contributed by atoms with Crippen LogP contribution >= 0.6 is 23.8 Å². The molecule has 1 fully saturated rings. The number of hydrogen-bond donors (Lipinski definition) is 2. The van der Waals surface area contributed by atoms with E-state index in [1.807, 2.05) is 29.2 Å². The van der Waals surface area contributed by atoms with Crippen molar-refractivity contribution in [1.29, 1.82) is 0 Å². The van der Waals surface area contributed by atoms with Crippen molar-refractivity contribution in [3.8, 4) is 0 Å². The van der Waals surface area contributed by atoms with Gasteiger partial charge in [-0.2, -0.15) is 5.10 Å². The van der Waals surface area contributed by atoms with Gasteiger partial charge in [-0.05, 0) is 49.8 Å². The van der Waals surface area contributed by atoms with Crippen LogP contribution < -0.4 is 16.1 Å². The summed E-state index contributed by atoms with van der Waals surface area (Å²) in [6, 6.07) is 10.4. The second kappa shape index (κ2) is 9.68. The molecule has 1 heterocycles. The summed E-state index contributed by atoms with van der Waals surface area (Å²) >= 11 is 10.7. The maximum absolute atomic E-state index is 14.8. The Morgan fingerprint density at radius 1 is 1.23 bits per heavy atom. The summed E-state index contributed by atoms with van der Waals surface area (Å²) in [6.45, 7) is 6.09. The number of nitrogens with one attached hydrogen (secondary N) is 1. The van der Waals surface area contributed by atoms with Crippen LogP contribution in [0.15, 0.2) is 41.5 Å². The zero-order valence-corrected chi connectivity index (χ0v) is 18.4. The van der Waals surface area contributed by atoms with Crippen molar-refractivity contribution in [3.05, 3.63) is 64.2 Å². The Labute approximate surface area is 185 Å².